The number of benzene rings is 1. The van der Waals surface area contributed by atoms with E-state index in [1.165, 1.54) is 13.0 Å². The first kappa shape index (κ1) is 15.5. The third kappa shape index (κ3) is 3.40. The van der Waals surface area contributed by atoms with Crippen molar-refractivity contribution < 1.29 is 18.3 Å². The van der Waals surface area contributed by atoms with Gasteiger partial charge in [0.15, 0.2) is 0 Å². The lowest BCUT2D eigenvalue weighted by molar-refractivity contribution is -0.144. The van der Waals surface area contributed by atoms with Crippen LogP contribution in [0.25, 0.3) is 0 Å². The van der Waals surface area contributed by atoms with Crippen molar-refractivity contribution in [3.63, 3.8) is 0 Å². The zero-order valence-corrected chi connectivity index (χ0v) is 12.4. The highest BCUT2D eigenvalue weighted by molar-refractivity contribution is 7.88. The van der Waals surface area contributed by atoms with E-state index in [0.29, 0.717) is 18.4 Å². The zero-order valence-electron chi connectivity index (χ0n) is 11.5. The quantitative estimate of drug-likeness (QED) is 0.822. The van der Waals surface area contributed by atoms with E-state index in [2.05, 4.69) is 4.72 Å². The molecule has 1 aromatic rings. The number of nitrogens with zero attached hydrogens (tertiary/aromatic N) is 1. The Labute approximate surface area is 123 Å². The lowest BCUT2D eigenvalue weighted by Crippen LogP contribution is -2.54. The minimum Gasteiger partial charge on any atom is -0.480 e. The third-order valence-corrected chi connectivity index (χ3v) is 5.12. The second kappa shape index (κ2) is 5.47. The van der Waals surface area contributed by atoms with Gasteiger partial charge in [0.25, 0.3) is 0 Å². The first-order valence-electron chi connectivity index (χ1n) is 6.51. The van der Waals surface area contributed by atoms with Gasteiger partial charge in [-0.1, -0.05) is 18.2 Å². The summed E-state index contributed by atoms with van der Waals surface area (Å²) in [6, 6.07) is 8.30. The molecule has 2 N–H and O–H groups in total. The topological polar surface area (TPSA) is 107 Å². The third-order valence-electron chi connectivity index (χ3n) is 3.69. The highest BCUT2D eigenvalue weighted by Gasteiger charge is 2.49. The Bertz CT molecular complexity index is 704. The van der Waals surface area contributed by atoms with Crippen LogP contribution in [0.5, 0.6) is 0 Å². The highest BCUT2D eigenvalue weighted by Crippen LogP contribution is 2.40. The van der Waals surface area contributed by atoms with Gasteiger partial charge in [-0.05, 0) is 37.3 Å². The van der Waals surface area contributed by atoms with E-state index < -0.39 is 27.3 Å². The first-order chi connectivity index (χ1) is 9.78. The van der Waals surface area contributed by atoms with Crippen molar-refractivity contribution in [2.45, 2.75) is 31.1 Å². The van der Waals surface area contributed by atoms with Crippen molar-refractivity contribution in [2.24, 2.45) is 5.92 Å². The second-order valence-electron chi connectivity index (χ2n) is 5.41. The fraction of sp³-hybridized carbons (Fsp3) is 0.429. The molecular weight excluding hydrogens is 292 g/mol. The molecule has 1 aliphatic rings. The van der Waals surface area contributed by atoms with Gasteiger partial charge in [-0.15, -0.1) is 0 Å². The molecule has 0 amide bonds. The molecule has 112 valence electrons. The summed E-state index contributed by atoms with van der Waals surface area (Å²) in [6.45, 7) is 1.39. The number of rotatable bonds is 6. The molecule has 0 bridgehead atoms. The molecule has 1 aromatic carbocycles. The van der Waals surface area contributed by atoms with E-state index in [-0.39, 0.29) is 11.5 Å². The standard InChI is InChI=1S/C14H16N2O4S/c1-14(13(17)18,12-6-7-12)16-21(19,20)9-11-5-3-2-4-10(11)8-15/h2-5,12,16H,6-7,9H2,1H3,(H,17,18). The Kier molecular flexibility index (Phi) is 4.03. The highest BCUT2D eigenvalue weighted by atomic mass is 32.2. The average Bonchev–Trinajstić information content (AvgIpc) is 3.22. The van der Waals surface area contributed by atoms with Crippen molar-refractivity contribution in [3.05, 3.63) is 35.4 Å². The van der Waals surface area contributed by atoms with Crippen LogP contribution in [0.15, 0.2) is 24.3 Å². The molecule has 6 nitrogen and oxygen atoms in total. The van der Waals surface area contributed by atoms with Gasteiger partial charge >= 0.3 is 5.97 Å². The van der Waals surface area contributed by atoms with Crippen LogP contribution in [0.2, 0.25) is 0 Å². The van der Waals surface area contributed by atoms with Gasteiger partial charge in [-0.3, -0.25) is 4.79 Å². The van der Waals surface area contributed by atoms with Gasteiger partial charge in [0.2, 0.25) is 10.0 Å². The number of carboxylic acids is 1. The van der Waals surface area contributed by atoms with Gasteiger partial charge in [-0.2, -0.15) is 9.98 Å². The summed E-state index contributed by atoms with van der Waals surface area (Å²) in [4.78, 5) is 11.4. The number of sulfonamides is 1. The summed E-state index contributed by atoms with van der Waals surface area (Å²) in [6.07, 6.45) is 1.39. The minimum atomic E-state index is -3.86. The van der Waals surface area contributed by atoms with E-state index in [4.69, 9.17) is 5.26 Å². The minimum absolute atomic E-state index is 0.184. The van der Waals surface area contributed by atoms with Crippen LogP contribution in [0.1, 0.15) is 30.9 Å². The smallest absolute Gasteiger partial charge is 0.324 e. The summed E-state index contributed by atoms with van der Waals surface area (Å²) in [7, 11) is -3.86. The van der Waals surface area contributed by atoms with Gasteiger partial charge in [-0.25, -0.2) is 8.42 Å². The Balaban J connectivity index is 2.23. The lowest BCUT2D eigenvalue weighted by atomic mass is 9.98. The van der Waals surface area contributed by atoms with E-state index in [1.807, 2.05) is 6.07 Å². The van der Waals surface area contributed by atoms with Crippen molar-refractivity contribution in [3.8, 4) is 6.07 Å². The molecule has 1 saturated carbocycles. The molecular formula is C14H16N2O4S. The Morgan fingerprint density at radius 1 is 1.48 bits per heavy atom. The van der Waals surface area contributed by atoms with Crippen molar-refractivity contribution in [1.82, 2.24) is 4.72 Å². The van der Waals surface area contributed by atoms with Crippen LogP contribution in [0.3, 0.4) is 0 Å². The fourth-order valence-electron chi connectivity index (χ4n) is 2.28. The first-order valence-corrected chi connectivity index (χ1v) is 8.17. The maximum atomic E-state index is 12.2. The van der Waals surface area contributed by atoms with Crippen molar-refractivity contribution >= 4 is 16.0 Å². The maximum Gasteiger partial charge on any atom is 0.324 e. The summed E-state index contributed by atoms with van der Waals surface area (Å²) < 4.78 is 26.8. The normalized spacial score (nSPS) is 17.7. The van der Waals surface area contributed by atoms with E-state index in [1.54, 1.807) is 18.2 Å². The number of carbonyl (C=O) groups is 1. The molecule has 0 heterocycles. The molecule has 7 heteroatoms. The predicted molar refractivity (Wildman–Crippen MR) is 75.7 cm³/mol. The van der Waals surface area contributed by atoms with E-state index in [9.17, 15) is 18.3 Å². The number of carboxylic acid groups (broad SMARTS) is 1. The summed E-state index contributed by atoms with van der Waals surface area (Å²) in [5.41, 5.74) is -0.859. The van der Waals surface area contributed by atoms with Gasteiger partial charge < -0.3 is 5.11 Å². The Hall–Kier alpha value is -1.91. The summed E-state index contributed by atoms with van der Waals surface area (Å²) in [5.74, 6) is -1.77. The van der Waals surface area contributed by atoms with Crippen LogP contribution in [-0.2, 0) is 20.6 Å². The Morgan fingerprint density at radius 3 is 2.62 bits per heavy atom. The van der Waals surface area contributed by atoms with E-state index >= 15 is 0 Å². The molecule has 1 unspecified atom stereocenters. The summed E-state index contributed by atoms with van der Waals surface area (Å²) in [5, 5.41) is 18.3. The largest absolute Gasteiger partial charge is 0.480 e. The SMILES string of the molecule is CC(NS(=O)(=O)Cc1ccccc1C#N)(C(=O)O)C1CC1. The molecule has 0 saturated heterocycles. The Morgan fingerprint density at radius 2 is 2.10 bits per heavy atom. The van der Waals surface area contributed by atoms with Gasteiger partial charge in [0, 0.05) is 0 Å². The van der Waals surface area contributed by atoms with Crippen LogP contribution in [0, 0.1) is 17.2 Å². The van der Waals surface area contributed by atoms with Gasteiger partial charge in [0.05, 0.1) is 17.4 Å². The molecule has 0 aliphatic heterocycles. The fourth-order valence-corrected chi connectivity index (χ4v) is 3.91. The number of hydrogen-bond donors (Lipinski definition) is 2. The molecule has 21 heavy (non-hydrogen) atoms. The maximum absolute atomic E-state index is 12.2. The number of nitriles is 1. The lowest BCUT2D eigenvalue weighted by Gasteiger charge is -2.25. The van der Waals surface area contributed by atoms with Crippen LogP contribution in [-0.4, -0.2) is 25.0 Å². The number of nitrogens with one attached hydrogen (secondary N) is 1. The average molecular weight is 308 g/mol. The van der Waals surface area contributed by atoms with Crippen molar-refractivity contribution in [1.29, 1.82) is 5.26 Å². The monoisotopic (exact) mass is 308 g/mol. The van der Waals surface area contributed by atoms with Crippen LogP contribution in [0.4, 0.5) is 0 Å². The molecule has 1 atom stereocenters. The number of aliphatic carboxylic acids is 1. The predicted octanol–water partition coefficient (Wildman–Crippen LogP) is 1.23. The molecule has 1 aliphatic carbocycles. The van der Waals surface area contributed by atoms with Gasteiger partial charge in [0.1, 0.15) is 5.54 Å². The number of hydrogen-bond acceptors (Lipinski definition) is 4. The molecule has 0 aromatic heterocycles. The summed E-state index contributed by atoms with van der Waals surface area (Å²) >= 11 is 0. The molecule has 0 radical (unpaired) electrons. The van der Waals surface area contributed by atoms with E-state index in [0.717, 1.165) is 0 Å². The zero-order chi connectivity index (χ0) is 15.7. The van der Waals surface area contributed by atoms with Crippen LogP contribution >= 0.6 is 0 Å². The molecule has 2 rings (SSSR count). The van der Waals surface area contributed by atoms with Crippen LogP contribution < -0.4 is 4.72 Å². The second-order valence-corrected chi connectivity index (χ2v) is 7.13. The van der Waals surface area contributed by atoms with Crippen molar-refractivity contribution in [2.75, 3.05) is 0 Å². The molecule has 0 spiro atoms. The molecule has 1 fully saturated rings.